The van der Waals surface area contributed by atoms with Crippen LogP contribution in [0.3, 0.4) is 0 Å². The summed E-state index contributed by atoms with van der Waals surface area (Å²) in [6, 6.07) is 12.4. The highest BCUT2D eigenvalue weighted by molar-refractivity contribution is 5.95. The van der Waals surface area contributed by atoms with Crippen molar-refractivity contribution in [3.8, 4) is 0 Å². The Balaban J connectivity index is 1.59. The summed E-state index contributed by atoms with van der Waals surface area (Å²) in [5.74, 6) is 0. The zero-order valence-corrected chi connectivity index (χ0v) is 13.4. The van der Waals surface area contributed by atoms with Gasteiger partial charge in [0.2, 0.25) is 0 Å². The summed E-state index contributed by atoms with van der Waals surface area (Å²) < 4.78 is 0. The minimum atomic E-state index is -0.318. The summed E-state index contributed by atoms with van der Waals surface area (Å²) in [5.41, 5.74) is 3.09. The first kappa shape index (κ1) is 15.8. The van der Waals surface area contributed by atoms with Crippen molar-refractivity contribution in [1.29, 1.82) is 0 Å². The van der Waals surface area contributed by atoms with E-state index in [1.807, 2.05) is 31.2 Å². The topological polar surface area (TPSA) is 86.4 Å². The SMILES string of the molecule is Cc1cccc(CNC(=O)Nc2cccc(N3CCNC3=O)c2)n1. The first-order chi connectivity index (χ1) is 11.6. The van der Waals surface area contributed by atoms with Gasteiger partial charge in [-0.05, 0) is 37.3 Å². The van der Waals surface area contributed by atoms with Gasteiger partial charge in [0.05, 0.1) is 12.2 Å². The van der Waals surface area contributed by atoms with Gasteiger partial charge in [0.25, 0.3) is 0 Å². The van der Waals surface area contributed by atoms with E-state index >= 15 is 0 Å². The second kappa shape index (κ2) is 6.99. The molecule has 1 saturated heterocycles. The number of hydrogen-bond donors (Lipinski definition) is 3. The van der Waals surface area contributed by atoms with Gasteiger partial charge in [-0.2, -0.15) is 0 Å². The Kier molecular flexibility index (Phi) is 4.60. The van der Waals surface area contributed by atoms with Gasteiger partial charge in [0.15, 0.2) is 0 Å². The Bertz CT molecular complexity index is 762. The minimum absolute atomic E-state index is 0.123. The number of urea groups is 2. The van der Waals surface area contributed by atoms with Crippen LogP contribution < -0.4 is 20.9 Å². The van der Waals surface area contributed by atoms with Crippen molar-refractivity contribution in [3.63, 3.8) is 0 Å². The van der Waals surface area contributed by atoms with Gasteiger partial charge in [0, 0.05) is 30.2 Å². The zero-order chi connectivity index (χ0) is 16.9. The fourth-order valence-electron chi connectivity index (χ4n) is 2.51. The average Bonchev–Trinajstić information content (AvgIpc) is 2.99. The summed E-state index contributed by atoms with van der Waals surface area (Å²) >= 11 is 0. The van der Waals surface area contributed by atoms with Crippen LogP contribution in [0.15, 0.2) is 42.5 Å². The number of aryl methyl sites for hydroxylation is 1. The van der Waals surface area contributed by atoms with E-state index in [2.05, 4.69) is 20.9 Å². The van der Waals surface area contributed by atoms with Crippen LogP contribution in [-0.4, -0.2) is 30.1 Å². The van der Waals surface area contributed by atoms with E-state index in [1.165, 1.54) is 0 Å². The highest BCUT2D eigenvalue weighted by Gasteiger charge is 2.21. The lowest BCUT2D eigenvalue weighted by Gasteiger charge is -2.15. The highest BCUT2D eigenvalue weighted by atomic mass is 16.2. The summed E-state index contributed by atoms with van der Waals surface area (Å²) in [6.07, 6.45) is 0. The molecule has 2 aromatic rings. The molecule has 2 heterocycles. The standard InChI is InChI=1S/C17H19N5O2/c1-12-4-2-6-14(20-12)11-19-16(23)21-13-5-3-7-15(10-13)22-9-8-18-17(22)24/h2-7,10H,8-9,11H2,1H3,(H,18,24)(H2,19,21,23). The summed E-state index contributed by atoms with van der Waals surface area (Å²) in [5, 5.41) is 8.29. The molecule has 4 amide bonds. The van der Waals surface area contributed by atoms with Crippen molar-refractivity contribution in [2.75, 3.05) is 23.3 Å². The number of nitrogens with zero attached hydrogens (tertiary/aromatic N) is 2. The third-order valence-corrected chi connectivity index (χ3v) is 3.65. The number of nitrogens with one attached hydrogen (secondary N) is 3. The summed E-state index contributed by atoms with van der Waals surface area (Å²) in [4.78, 5) is 29.7. The predicted octanol–water partition coefficient (Wildman–Crippen LogP) is 2.24. The molecule has 3 rings (SSSR count). The Morgan fingerprint density at radius 1 is 1.29 bits per heavy atom. The Morgan fingerprint density at radius 2 is 2.12 bits per heavy atom. The van der Waals surface area contributed by atoms with E-state index in [9.17, 15) is 9.59 Å². The van der Waals surface area contributed by atoms with E-state index in [1.54, 1.807) is 23.1 Å². The fourth-order valence-corrected chi connectivity index (χ4v) is 2.51. The normalized spacial score (nSPS) is 13.5. The van der Waals surface area contributed by atoms with Crippen molar-refractivity contribution < 1.29 is 9.59 Å². The van der Waals surface area contributed by atoms with Crippen molar-refractivity contribution in [1.82, 2.24) is 15.6 Å². The molecule has 1 aliphatic rings. The number of anilines is 2. The number of benzene rings is 1. The van der Waals surface area contributed by atoms with E-state index < -0.39 is 0 Å². The van der Waals surface area contributed by atoms with Crippen LogP contribution in [0.4, 0.5) is 21.0 Å². The van der Waals surface area contributed by atoms with Gasteiger partial charge in [-0.25, -0.2) is 9.59 Å². The van der Waals surface area contributed by atoms with E-state index in [0.29, 0.717) is 25.3 Å². The first-order valence-electron chi connectivity index (χ1n) is 7.74. The van der Waals surface area contributed by atoms with Gasteiger partial charge in [-0.3, -0.25) is 9.88 Å². The molecule has 7 nitrogen and oxygen atoms in total. The maximum absolute atomic E-state index is 12.0. The largest absolute Gasteiger partial charge is 0.336 e. The molecule has 0 saturated carbocycles. The second-order valence-electron chi connectivity index (χ2n) is 5.51. The number of rotatable bonds is 4. The molecule has 0 spiro atoms. The number of carbonyl (C=O) groups excluding carboxylic acids is 2. The van der Waals surface area contributed by atoms with Gasteiger partial charge in [-0.15, -0.1) is 0 Å². The molecule has 0 bridgehead atoms. The third-order valence-electron chi connectivity index (χ3n) is 3.65. The molecule has 0 radical (unpaired) electrons. The lowest BCUT2D eigenvalue weighted by atomic mass is 10.2. The molecular formula is C17H19N5O2. The van der Waals surface area contributed by atoms with Crippen LogP contribution in [0.25, 0.3) is 0 Å². The van der Waals surface area contributed by atoms with E-state index in [0.717, 1.165) is 17.1 Å². The monoisotopic (exact) mass is 325 g/mol. The van der Waals surface area contributed by atoms with Crippen molar-refractivity contribution in [3.05, 3.63) is 53.9 Å². The predicted molar refractivity (Wildman–Crippen MR) is 92.0 cm³/mol. The lowest BCUT2D eigenvalue weighted by Crippen LogP contribution is -2.29. The minimum Gasteiger partial charge on any atom is -0.336 e. The van der Waals surface area contributed by atoms with Gasteiger partial charge in [0.1, 0.15) is 0 Å². The van der Waals surface area contributed by atoms with Crippen LogP contribution in [0.1, 0.15) is 11.4 Å². The van der Waals surface area contributed by atoms with Gasteiger partial charge < -0.3 is 16.0 Å². The molecule has 24 heavy (non-hydrogen) atoms. The van der Waals surface area contributed by atoms with Crippen LogP contribution in [-0.2, 0) is 6.54 Å². The average molecular weight is 325 g/mol. The lowest BCUT2D eigenvalue weighted by molar-refractivity contribution is 0.251. The van der Waals surface area contributed by atoms with E-state index in [-0.39, 0.29) is 12.1 Å². The van der Waals surface area contributed by atoms with Crippen LogP contribution in [0.5, 0.6) is 0 Å². The van der Waals surface area contributed by atoms with Gasteiger partial charge >= 0.3 is 12.1 Å². The number of amides is 4. The Labute approximate surface area is 140 Å². The maximum atomic E-state index is 12.0. The molecule has 0 aliphatic carbocycles. The molecule has 0 atom stereocenters. The summed E-state index contributed by atoms with van der Waals surface area (Å²) in [7, 11) is 0. The first-order valence-corrected chi connectivity index (χ1v) is 7.74. The number of pyridine rings is 1. The van der Waals surface area contributed by atoms with Crippen molar-refractivity contribution >= 4 is 23.4 Å². The highest BCUT2D eigenvalue weighted by Crippen LogP contribution is 2.20. The zero-order valence-electron chi connectivity index (χ0n) is 13.4. The Hall–Kier alpha value is -3.09. The van der Waals surface area contributed by atoms with Gasteiger partial charge in [-0.1, -0.05) is 12.1 Å². The molecule has 0 unspecified atom stereocenters. The fraction of sp³-hybridized carbons (Fsp3) is 0.235. The smallest absolute Gasteiger partial charge is 0.321 e. The van der Waals surface area contributed by atoms with Crippen LogP contribution >= 0.6 is 0 Å². The molecule has 1 fully saturated rings. The van der Waals surface area contributed by atoms with Crippen LogP contribution in [0, 0.1) is 6.92 Å². The molecule has 3 N–H and O–H groups in total. The molecule has 1 aromatic carbocycles. The molecular weight excluding hydrogens is 306 g/mol. The second-order valence-corrected chi connectivity index (χ2v) is 5.51. The third kappa shape index (κ3) is 3.81. The van der Waals surface area contributed by atoms with Crippen LogP contribution in [0.2, 0.25) is 0 Å². The molecule has 7 heteroatoms. The van der Waals surface area contributed by atoms with Crippen molar-refractivity contribution in [2.45, 2.75) is 13.5 Å². The molecule has 124 valence electrons. The van der Waals surface area contributed by atoms with Crippen molar-refractivity contribution in [2.24, 2.45) is 0 Å². The quantitative estimate of drug-likeness (QED) is 0.806. The Morgan fingerprint density at radius 3 is 2.88 bits per heavy atom. The summed E-state index contributed by atoms with van der Waals surface area (Å²) in [6.45, 7) is 3.50. The molecule has 1 aliphatic heterocycles. The number of aromatic nitrogens is 1. The maximum Gasteiger partial charge on any atom is 0.321 e. The number of carbonyl (C=O) groups is 2. The number of hydrogen-bond acceptors (Lipinski definition) is 3. The van der Waals surface area contributed by atoms with E-state index in [4.69, 9.17) is 0 Å². The molecule has 1 aromatic heterocycles.